The molecule has 5 heteroatoms. The quantitative estimate of drug-likeness (QED) is 0.897. The Kier molecular flexibility index (Phi) is 5.75. The normalized spacial score (nSPS) is 19.4. The summed E-state index contributed by atoms with van der Waals surface area (Å²) in [5, 5.41) is 6.04. The lowest BCUT2D eigenvalue weighted by Crippen LogP contribution is -2.42. The molecule has 5 nitrogen and oxygen atoms in total. The van der Waals surface area contributed by atoms with Crippen molar-refractivity contribution in [2.45, 2.75) is 44.7 Å². The zero-order valence-corrected chi connectivity index (χ0v) is 13.7. The van der Waals surface area contributed by atoms with Crippen LogP contribution in [-0.4, -0.2) is 38.4 Å². The van der Waals surface area contributed by atoms with Gasteiger partial charge in [0.15, 0.2) is 0 Å². The van der Waals surface area contributed by atoms with Crippen molar-refractivity contribution in [3.05, 3.63) is 29.8 Å². The van der Waals surface area contributed by atoms with Crippen molar-refractivity contribution in [3.63, 3.8) is 0 Å². The summed E-state index contributed by atoms with van der Waals surface area (Å²) in [6.45, 7) is 4.06. The van der Waals surface area contributed by atoms with Crippen LogP contribution in [0.3, 0.4) is 0 Å². The number of rotatable bonds is 4. The molecule has 1 aromatic carbocycles. The summed E-state index contributed by atoms with van der Waals surface area (Å²) in [6.07, 6.45) is 5.99. The summed E-state index contributed by atoms with van der Waals surface area (Å²) in [5.74, 6) is 0. The van der Waals surface area contributed by atoms with Gasteiger partial charge in [-0.1, -0.05) is 31.4 Å². The van der Waals surface area contributed by atoms with Gasteiger partial charge in [0.1, 0.15) is 0 Å². The van der Waals surface area contributed by atoms with Gasteiger partial charge in [0.25, 0.3) is 0 Å². The van der Waals surface area contributed by atoms with Gasteiger partial charge in [-0.2, -0.15) is 0 Å². The molecular formula is C18H27N3O2. The molecule has 1 aromatic rings. The number of hydrogen-bond acceptors (Lipinski definition) is 3. The van der Waals surface area contributed by atoms with Gasteiger partial charge in [-0.3, -0.25) is 0 Å². The van der Waals surface area contributed by atoms with Gasteiger partial charge in [-0.15, -0.1) is 0 Å². The van der Waals surface area contributed by atoms with E-state index in [0.717, 1.165) is 44.7 Å². The molecule has 1 saturated heterocycles. The molecule has 1 aliphatic carbocycles. The summed E-state index contributed by atoms with van der Waals surface area (Å²) >= 11 is 0. The van der Waals surface area contributed by atoms with Gasteiger partial charge in [0, 0.05) is 31.4 Å². The van der Waals surface area contributed by atoms with Crippen molar-refractivity contribution in [2.75, 3.05) is 31.2 Å². The highest BCUT2D eigenvalue weighted by Gasteiger charge is 2.15. The number of carbonyl (C=O) groups excluding carboxylic acids is 1. The van der Waals surface area contributed by atoms with Crippen molar-refractivity contribution in [1.29, 1.82) is 0 Å². The van der Waals surface area contributed by atoms with Crippen LogP contribution in [-0.2, 0) is 11.3 Å². The number of amides is 2. The molecule has 0 unspecified atom stereocenters. The first-order valence-corrected chi connectivity index (χ1v) is 8.77. The molecule has 3 rings (SSSR count). The van der Waals surface area contributed by atoms with Crippen LogP contribution in [0.15, 0.2) is 24.3 Å². The van der Waals surface area contributed by atoms with Gasteiger partial charge in [0.2, 0.25) is 0 Å². The predicted molar refractivity (Wildman–Crippen MR) is 91.7 cm³/mol. The number of ether oxygens (including phenoxy) is 1. The van der Waals surface area contributed by atoms with E-state index in [0.29, 0.717) is 12.6 Å². The van der Waals surface area contributed by atoms with Gasteiger partial charge >= 0.3 is 6.03 Å². The average molecular weight is 317 g/mol. The molecule has 1 heterocycles. The molecule has 2 aliphatic rings. The van der Waals surface area contributed by atoms with E-state index in [-0.39, 0.29) is 6.03 Å². The van der Waals surface area contributed by atoms with Crippen molar-refractivity contribution < 1.29 is 9.53 Å². The smallest absolute Gasteiger partial charge is 0.315 e. The lowest BCUT2D eigenvalue weighted by Gasteiger charge is -2.29. The number of carbonyl (C=O) groups is 1. The molecule has 1 aliphatic heterocycles. The summed E-state index contributed by atoms with van der Waals surface area (Å²) in [6, 6.07) is 8.74. The zero-order valence-electron chi connectivity index (χ0n) is 13.7. The zero-order chi connectivity index (χ0) is 15.9. The second-order valence-electron chi connectivity index (χ2n) is 6.43. The highest BCUT2D eigenvalue weighted by atomic mass is 16.5. The lowest BCUT2D eigenvalue weighted by atomic mass is 9.96. The average Bonchev–Trinajstić information content (AvgIpc) is 2.62. The summed E-state index contributed by atoms with van der Waals surface area (Å²) in [5.41, 5.74) is 2.35. The summed E-state index contributed by atoms with van der Waals surface area (Å²) in [4.78, 5) is 14.3. The molecule has 0 bridgehead atoms. The fourth-order valence-electron chi connectivity index (χ4n) is 3.31. The van der Waals surface area contributed by atoms with Crippen LogP contribution >= 0.6 is 0 Å². The third kappa shape index (κ3) is 4.86. The van der Waals surface area contributed by atoms with Crippen LogP contribution in [0.25, 0.3) is 0 Å². The van der Waals surface area contributed by atoms with Crippen molar-refractivity contribution in [2.24, 2.45) is 0 Å². The monoisotopic (exact) mass is 317 g/mol. The molecule has 126 valence electrons. The molecule has 2 N–H and O–H groups in total. The first-order valence-electron chi connectivity index (χ1n) is 8.77. The number of anilines is 1. The molecule has 23 heavy (non-hydrogen) atoms. The van der Waals surface area contributed by atoms with E-state index < -0.39 is 0 Å². The van der Waals surface area contributed by atoms with E-state index in [1.165, 1.54) is 24.9 Å². The van der Waals surface area contributed by atoms with Gasteiger partial charge in [0.05, 0.1) is 13.2 Å². The SMILES string of the molecule is O=C(NCc1ccc(N2CCOCC2)cc1)NC1CCCCC1. The predicted octanol–water partition coefficient (Wildman–Crippen LogP) is 2.66. The molecule has 1 saturated carbocycles. The van der Waals surface area contributed by atoms with Gasteiger partial charge in [-0.25, -0.2) is 4.79 Å². The minimum atomic E-state index is -0.0471. The van der Waals surface area contributed by atoms with Gasteiger partial charge < -0.3 is 20.3 Å². The summed E-state index contributed by atoms with van der Waals surface area (Å²) < 4.78 is 5.38. The number of hydrogen-bond donors (Lipinski definition) is 2. The summed E-state index contributed by atoms with van der Waals surface area (Å²) in [7, 11) is 0. The number of nitrogens with zero attached hydrogens (tertiary/aromatic N) is 1. The third-order valence-electron chi connectivity index (χ3n) is 4.71. The fraction of sp³-hybridized carbons (Fsp3) is 0.611. The minimum absolute atomic E-state index is 0.0471. The van der Waals surface area contributed by atoms with Crippen LogP contribution < -0.4 is 15.5 Å². The number of morpholine rings is 1. The second kappa shape index (κ2) is 8.20. The van der Waals surface area contributed by atoms with Crippen LogP contribution in [0.4, 0.5) is 10.5 Å². The largest absolute Gasteiger partial charge is 0.378 e. The Morgan fingerprint density at radius 3 is 2.48 bits per heavy atom. The van der Waals surface area contributed by atoms with Crippen molar-refractivity contribution in [3.8, 4) is 0 Å². The Bertz CT molecular complexity index is 491. The maximum absolute atomic E-state index is 12.0. The van der Waals surface area contributed by atoms with Crippen LogP contribution in [0, 0.1) is 0 Å². The van der Waals surface area contributed by atoms with E-state index in [9.17, 15) is 4.79 Å². The Balaban J connectivity index is 1.43. The van der Waals surface area contributed by atoms with Crippen LogP contribution in [0.1, 0.15) is 37.7 Å². The molecule has 0 spiro atoms. The second-order valence-corrected chi connectivity index (χ2v) is 6.43. The number of urea groups is 1. The lowest BCUT2D eigenvalue weighted by molar-refractivity contribution is 0.122. The molecular weight excluding hydrogens is 290 g/mol. The van der Waals surface area contributed by atoms with E-state index in [1.807, 2.05) is 0 Å². The first-order chi connectivity index (χ1) is 11.3. The Morgan fingerprint density at radius 1 is 1.09 bits per heavy atom. The van der Waals surface area contributed by atoms with Crippen LogP contribution in [0.5, 0.6) is 0 Å². The Labute approximate surface area is 138 Å². The molecule has 0 radical (unpaired) electrons. The fourth-order valence-corrected chi connectivity index (χ4v) is 3.31. The van der Waals surface area contributed by atoms with E-state index in [2.05, 4.69) is 39.8 Å². The van der Waals surface area contributed by atoms with Crippen molar-refractivity contribution >= 4 is 11.7 Å². The molecule has 2 fully saturated rings. The standard InChI is InChI=1S/C18H27N3O2/c22-18(20-16-4-2-1-3-5-16)19-14-15-6-8-17(9-7-15)21-10-12-23-13-11-21/h6-9,16H,1-5,10-14H2,(H2,19,20,22). The minimum Gasteiger partial charge on any atom is -0.378 e. The highest BCUT2D eigenvalue weighted by Crippen LogP contribution is 2.18. The van der Waals surface area contributed by atoms with E-state index in [1.54, 1.807) is 0 Å². The Morgan fingerprint density at radius 2 is 1.78 bits per heavy atom. The number of benzene rings is 1. The van der Waals surface area contributed by atoms with Gasteiger partial charge in [-0.05, 0) is 30.5 Å². The number of nitrogens with one attached hydrogen (secondary N) is 2. The first kappa shape index (κ1) is 16.1. The highest BCUT2D eigenvalue weighted by molar-refractivity contribution is 5.74. The van der Waals surface area contributed by atoms with Crippen molar-refractivity contribution in [1.82, 2.24) is 10.6 Å². The maximum atomic E-state index is 12.0. The van der Waals surface area contributed by atoms with Crippen LogP contribution in [0.2, 0.25) is 0 Å². The maximum Gasteiger partial charge on any atom is 0.315 e. The molecule has 2 amide bonds. The molecule has 0 aromatic heterocycles. The molecule has 0 atom stereocenters. The van der Waals surface area contributed by atoms with E-state index in [4.69, 9.17) is 4.74 Å². The van der Waals surface area contributed by atoms with E-state index >= 15 is 0 Å². The third-order valence-corrected chi connectivity index (χ3v) is 4.71. The Hall–Kier alpha value is -1.75. The topological polar surface area (TPSA) is 53.6 Å².